The molecule has 184 valence electrons. The van der Waals surface area contributed by atoms with Gasteiger partial charge in [-0.15, -0.1) is 10.2 Å². The van der Waals surface area contributed by atoms with Crippen molar-refractivity contribution in [2.45, 2.75) is 25.4 Å². The molecule has 0 N–H and O–H groups in total. The lowest BCUT2D eigenvalue weighted by atomic mass is 9.87. The lowest BCUT2D eigenvalue weighted by molar-refractivity contribution is -0.137. The third kappa shape index (κ3) is 5.12. The number of anilines is 1. The molecule has 36 heavy (non-hydrogen) atoms. The summed E-state index contributed by atoms with van der Waals surface area (Å²) in [5.74, 6) is 0.489. The molecule has 0 bridgehead atoms. The minimum absolute atomic E-state index is 0.265. The Labute approximate surface area is 205 Å². The second-order valence-electron chi connectivity index (χ2n) is 8.62. The van der Waals surface area contributed by atoms with Crippen LogP contribution in [-0.4, -0.2) is 39.2 Å². The van der Waals surface area contributed by atoms with Gasteiger partial charge in [0.25, 0.3) is 5.89 Å². The Hall–Kier alpha value is -4.08. The van der Waals surface area contributed by atoms with Crippen LogP contribution in [0, 0.1) is 5.92 Å². The van der Waals surface area contributed by atoms with Crippen LogP contribution >= 0.6 is 0 Å². The number of Topliss-reactive ketones (excluding diaryl/α,β-unsaturated/α-hetero) is 1. The first kappa shape index (κ1) is 23.7. The number of carbonyl (C=O) groups excluding carboxylic acids is 1. The number of benzene rings is 2. The summed E-state index contributed by atoms with van der Waals surface area (Å²) in [6, 6.07) is 18.3. The summed E-state index contributed by atoms with van der Waals surface area (Å²) in [7, 11) is 0. The fourth-order valence-electron chi connectivity index (χ4n) is 4.35. The zero-order valence-corrected chi connectivity index (χ0v) is 19.2. The molecule has 1 aliphatic rings. The van der Waals surface area contributed by atoms with E-state index in [1.807, 2.05) is 35.2 Å². The second kappa shape index (κ2) is 9.88. The van der Waals surface area contributed by atoms with E-state index in [4.69, 9.17) is 4.52 Å². The predicted octanol–water partition coefficient (Wildman–Crippen LogP) is 5.24. The van der Waals surface area contributed by atoms with E-state index in [1.165, 1.54) is 18.2 Å². The molecule has 0 unspecified atom stereocenters. The van der Waals surface area contributed by atoms with Gasteiger partial charge in [0.2, 0.25) is 0 Å². The average Bonchev–Trinajstić information content (AvgIpc) is 3.37. The van der Waals surface area contributed by atoms with Gasteiger partial charge in [0.1, 0.15) is 0 Å². The monoisotopic (exact) mass is 493 g/mol. The van der Waals surface area contributed by atoms with E-state index < -0.39 is 23.4 Å². The van der Waals surface area contributed by atoms with Crippen molar-refractivity contribution in [3.05, 3.63) is 89.2 Å². The lowest BCUT2D eigenvalue weighted by Gasteiger charge is -2.32. The standard InChI is InChI=1S/C26H22F3N5O2/c27-26(28,29)20-9-5-4-8-19(20)24(35)18-12-14-34(15-13-18)23-11-10-21(31-32-23)25-30-22(33-36-25)16-17-6-2-1-3-7-17/h1-11,18H,12-16H2. The number of carbonyl (C=O) groups is 1. The molecular weight excluding hydrogens is 471 g/mol. The first-order valence-electron chi connectivity index (χ1n) is 11.5. The van der Waals surface area contributed by atoms with E-state index in [2.05, 4.69) is 20.3 Å². The molecule has 2 aromatic carbocycles. The summed E-state index contributed by atoms with van der Waals surface area (Å²) in [4.78, 5) is 19.2. The Morgan fingerprint density at radius 3 is 2.36 bits per heavy atom. The topological polar surface area (TPSA) is 85.0 Å². The van der Waals surface area contributed by atoms with Crippen LogP contribution < -0.4 is 4.90 Å². The van der Waals surface area contributed by atoms with Gasteiger partial charge in [-0.25, -0.2) is 0 Å². The first-order valence-corrected chi connectivity index (χ1v) is 11.5. The Bertz CT molecular complexity index is 1330. The zero-order valence-electron chi connectivity index (χ0n) is 19.2. The number of nitrogens with zero attached hydrogens (tertiary/aromatic N) is 5. The highest BCUT2D eigenvalue weighted by Gasteiger charge is 2.37. The average molecular weight is 493 g/mol. The van der Waals surface area contributed by atoms with Gasteiger partial charge in [0.05, 0.1) is 5.56 Å². The normalized spacial score (nSPS) is 14.7. The lowest BCUT2D eigenvalue weighted by Crippen LogP contribution is -2.37. The SMILES string of the molecule is O=C(c1ccccc1C(F)(F)F)C1CCN(c2ccc(-c3nc(Cc4ccccc4)no3)nn2)CC1. The highest BCUT2D eigenvalue weighted by Crippen LogP contribution is 2.34. The van der Waals surface area contributed by atoms with Crippen molar-refractivity contribution < 1.29 is 22.5 Å². The smallest absolute Gasteiger partial charge is 0.355 e. The molecule has 0 atom stereocenters. The minimum atomic E-state index is -4.56. The van der Waals surface area contributed by atoms with Crippen LogP contribution in [0.2, 0.25) is 0 Å². The van der Waals surface area contributed by atoms with Crippen LogP contribution in [0.1, 0.15) is 40.2 Å². The molecule has 0 spiro atoms. The van der Waals surface area contributed by atoms with Crippen molar-refractivity contribution in [2.75, 3.05) is 18.0 Å². The number of piperidine rings is 1. The highest BCUT2D eigenvalue weighted by atomic mass is 19.4. The maximum absolute atomic E-state index is 13.3. The van der Waals surface area contributed by atoms with E-state index in [-0.39, 0.29) is 11.5 Å². The molecule has 1 saturated heterocycles. The molecule has 0 saturated carbocycles. The molecule has 0 radical (unpaired) electrons. The molecule has 1 aliphatic heterocycles. The van der Waals surface area contributed by atoms with Crippen LogP contribution in [0.4, 0.5) is 19.0 Å². The summed E-state index contributed by atoms with van der Waals surface area (Å²) in [5.41, 5.74) is 0.361. The van der Waals surface area contributed by atoms with Crippen LogP contribution in [0.15, 0.2) is 71.3 Å². The summed E-state index contributed by atoms with van der Waals surface area (Å²) < 4.78 is 45.3. The third-order valence-corrected chi connectivity index (χ3v) is 6.23. The molecule has 4 aromatic rings. The molecule has 1 fully saturated rings. The van der Waals surface area contributed by atoms with E-state index in [0.29, 0.717) is 49.7 Å². The number of hydrogen-bond donors (Lipinski definition) is 0. The Balaban J connectivity index is 1.21. The van der Waals surface area contributed by atoms with E-state index in [0.717, 1.165) is 11.6 Å². The largest absolute Gasteiger partial charge is 0.417 e. The summed E-state index contributed by atoms with van der Waals surface area (Å²) in [5, 5.41) is 12.5. The minimum Gasteiger partial charge on any atom is -0.355 e. The Morgan fingerprint density at radius 1 is 0.944 bits per heavy atom. The molecule has 10 heteroatoms. The van der Waals surface area contributed by atoms with Gasteiger partial charge in [-0.2, -0.15) is 18.2 Å². The molecule has 3 heterocycles. The van der Waals surface area contributed by atoms with Crippen LogP contribution in [-0.2, 0) is 12.6 Å². The van der Waals surface area contributed by atoms with Gasteiger partial charge in [-0.1, -0.05) is 53.7 Å². The van der Waals surface area contributed by atoms with Crippen LogP contribution in [0.3, 0.4) is 0 Å². The molecule has 7 nitrogen and oxygen atoms in total. The zero-order chi connectivity index (χ0) is 25.1. The number of ketones is 1. The predicted molar refractivity (Wildman–Crippen MR) is 125 cm³/mol. The van der Waals surface area contributed by atoms with Crippen molar-refractivity contribution in [1.29, 1.82) is 0 Å². The summed E-state index contributed by atoms with van der Waals surface area (Å²) in [6.45, 7) is 0.973. The first-order chi connectivity index (χ1) is 17.4. The number of halogens is 3. The number of hydrogen-bond acceptors (Lipinski definition) is 7. The van der Waals surface area contributed by atoms with Crippen LogP contribution in [0.25, 0.3) is 11.6 Å². The van der Waals surface area contributed by atoms with Gasteiger partial charge in [-0.3, -0.25) is 4.79 Å². The maximum Gasteiger partial charge on any atom is 0.417 e. The fourth-order valence-corrected chi connectivity index (χ4v) is 4.35. The van der Waals surface area contributed by atoms with Crippen LogP contribution in [0.5, 0.6) is 0 Å². The van der Waals surface area contributed by atoms with Gasteiger partial charge in [0.15, 0.2) is 23.1 Å². The van der Waals surface area contributed by atoms with E-state index in [9.17, 15) is 18.0 Å². The van der Waals surface area contributed by atoms with E-state index >= 15 is 0 Å². The van der Waals surface area contributed by atoms with Crippen molar-refractivity contribution in [2.24, 2.45) is 5.92 Å². The maximum atomic E-state index is 13.3. The van der Waals surface area contributed by atoms with E-state index in [1.54, 1.807) is 12.1 Å². The molecule has 0 aliphatic carbocycles. The van der Waals surface area contributed by atoms with Gasteiger partial charge in [-0.05, 0) is 36.6 Å². The van der Waals surface area contributed by atoms with Gasteiger partial charge >= 0.3 is 6.18 Å². The summed E-state index contributed by atoms with van der Waals surface area (Å²) in [6.07, 6.45) is -3.16. The van der Waals surface area contributed by atoms with Crippen molar-refractivity contribution in [1.82, 2.24) is 20.3 Å². The quantitative estimate of drug-likeness (QED) is 0.340. The van der Waals surface area contributed by atoms with Gasteiger partial charge in [0, 0.05) is 31.0 Å². The number of aromatic nitrogens is 4. The molecular formula is C26H22F3N5O2. The Morgan fingerprint density at radius 2 is 1.67 bits per heavy atom. The highest BCUT2D eigenvalue weighted by molar-refractivity contribution is 5.99. The number of rotatable bonds is 6. The van der Waals surface area contributed by atoms with Crippen molar-refractivity contribution in [3.8, 4) is 11.6 Å². The summed E-state index contributed by atoms with van der Waals surface area (Å²) >= 11 is 0. The van der Waals surface area contributed by atoms with Crippen molar-refractivity contribution >= 4 is 11.6 Å². The second-order valence-corrected chi connectivity index (χ2v) is 8.62. The molecule has 2 aromatic heterocycles. The molecule has 5 rings (SSSR count). The van der Waals surface area contributed by atoms with Crippen molar-refractivity contribution in [3.63, 3.8) is 0 Å². The number of alkyl halides is 3. The molecule has 0 amide bonds. The Kier molecular flexibility index (Phi) is 6.49. The van der Waals surface area contributed by atoms with Gasteiger partial charge < -0.3 is 9.42 Å². The fraction of sp³-hybridized carbons (Fsp3) is 0.269. The third-order valence-electron chi connectivity index (χ3n) is 6.23.